The van der Waals surface area contributed by atoms with Crippen molar-refractivity contribution in [1.29, 1.82) is 0 Å². The summed E-state index contributed by atoms with van der Waals surface area (Å²) >= 11 is 1.73. The summed E-state index contributed by atoms with van der Waals surface area (Å²) < 4.78 is 2.09. The molecule has 0 radical (unpaired) electrons. The van der Waals surface area contributed by atoms with Gasteiger partial charge in [-0.15, -0.1) is 0 Å². The van der Waals surface area contributed by atoms with Crippen molar-refractivity contribution in [3.63, 3.8) is 0 Å². The van der Waals surface area contributed by atoms with Crippen molar-refractivity contribution in [3.05, 3.63) is 30.1 Å². The first-order valence-electron chi connectivity index (χ1n) is 8.64. The van der Waals surface area contributed by atoms with Gasteiger partial charge < -0.3 is 15.2 Å². The number of rotatable bonds is 4. The number of likely N-dealkylation sites (tertiary alicyclic amines) is 1. The first kappa shape index (κ1) is 16.0. The number of imidazole rings is 1. The molecule has 0 spiro atoms. The number of thioether (sulfide) groups is 1. The van der Waals surface area contributed by atoms with Gasteiger partial charge in [-0.1, -0.05) is 12.1 Å². The van der Waals surface area contributed by atoms with Gasteiger partial charge in [0.25, 0.3) is 0 Å². The van der Waals surface area contributed by atoms with Gasteiger partial charge in [0.15, 0.2) is 0 Å². The number of fused-ring (bicyclic) bond motifs is 2. The Kier molecular flexibility index (Phi) is 4.26. The average molecular weight is 344 g/mol. The van der Waals surface area contributed by atoms with E-state index in [1.54, 1.807) is 11.8 Å². The summed E-state index contributed by atoms with van der Waals surface area (Å²) in [5.74, 6) is 3.10. The fourth-order valence-corrected chi connectivity index (χ4v) is 4.77. The van der Waals surface area contributed by atoms with Gasteiger partial charge in [-0.25, -0.2) is 4.98 Å². The van der Waals surface area contributed by atoms with Crippen LogP contribution in [0, 0.1) is 11.8 Å². The lowest BCUT2D eigenvalue weighted by molar-refractivity contribution is -0.131. The highest BCUT2D eigenvalue weighted by Crippen LogP contribution is 2.37. The Hall–Kier alpha value is -1.53. The highest BCUT2D eigenvalue weighted by molar-refractivity contribution is 7.97. The van der Waals surface area contributed by atoms with Crippen LogP contribution in [0.3, 0.4) is 0 Å². The van der Waals surface area contributed by atoms with Crippen molar-refractivity contribution >= 4 is 28.7 Å². The topological polar surface area (TPSA) is 64.2 Å². The smallest absolute Gasteiger partial charge is 0.242 e. The molecule has 24 heavy (non-hydrogen) atoms. The third kappa shape index (κ3) is 2.71. The van der Waals surface area contributed by atoms with Gasteiger partial charge in [0.2, 0.25) is 5.91 Å². The monoisotopic (exact) mass is 344 g/mol. The van der Waals surface area contributed by atoms with E-state index in [1.807, 2.05) is 29.2 Å². The van der Waals surface area contributed by atoms with E-state index in [4.69, 9.17) is 10.7 Å². The molecular formula is C18H24N4OS. The van der Waals surface area contributed by atoms with E-state index in [9.17, 15) is 4.79 Å². The Morgan fingerprint density at radius 2 is 2.17 bits per heavy atom. The normalized spacial score (nSPS) is 26.2. The third-order valence-electron chi connectivity index (χ3n) is 5.57. The molecule has 2 heterocycles. The van der Waals surface area contributed by atoms with Crippen LogP contribution in [0.1, 0.15) is 18.7 Å². The second kappa shape index (κ2) is 6.41. The molecule has 4 rings (SSSR count). The quantitative estimate of drug-likeness (QED) is 0.922. The van der Waals surface area contributed by atoms with Gasteiger partial charge in [0.05, 0.1) is 16.8 Å². The number of carbonyl (C=O) groups excluding carboxylic acids is 1. The number of aromatic nitrogens is 2. The Balaban J connectivity index is 1.56. The van der Waals surface area contributed by atoms with Crippen molar-refractivity contribution in [2.75, 3.05) is 19.3 Å². The molecule has 2 N–H and O–H groups in total. The molecule has 6 heteroatoms. The number of hydrogen-bond acceptors (Lipinski definition) is 4. The summed E-state index contributed by atoms with van der Waals surface area (Å²) in [5, 5.41) is 0. The largest absolute Gasteiger partial charge is 0.341 e. The molecule has 1 amide bonds. The Labute approximate surface area is 146 Å². The highest BCUT2D eigenvalue weighted by Gasteiger charge is 2.42. The fourth-order valence-electron chi connectivity index (χ4n) is 4.29. The van der Waals surface area contributed by atoms with Crippen molar-refractivity contribution in [2.45, 2.75) is 31.2 Å². The predicted octanol–water partition coefficient (Wildman–Crippen LogP) is 2.09. The molecule has 1 saturated carbocycles. The van der Waals surface area contributed by atoms with E-state index in [0.717, 1.165) is 42.1 Å². The summed E-state index contributed by atoms with van der Waals surface area (Å²) in [7, 11) is 0. The second-order valence-electron chi connectivity index (χ2n) is 7.00. The van der Waals surface area contributed by atoms with Gasteiger partial charge in [-0.3, -0.25) is 4.79 Å². The van der Waals surface area contributed by atoms with Crippen LogP contribution in [-0.2, 0) is 17.1 Å². The molecule has 0 bridgehead atoms. The predicted molar refractivity (Wildman–Crippen MR) is 97.7 cm³/mol. The molecule has 1 aromatic carbocycles. The van der Waals surface area contributed by atoms with Crippen molar-refractivity contribution in [3.8, 4) is 0 Å². The standard InChI is InChI=1S/C18H24N4OS/c1-24-11-17-20-15-4-2-3-5-16(15)22(17)10-18(23)21-8-12-6-7-14(19)13(12)9-21/h2-5,12-14H,6-11,19H2,1H3. The maximum absolute atomic E-state index is 12.9. The number of benzene rings is 1. The summed E-state index contributed by atoms with van der Waals surface area (Å²) in [4.78, 5) is 19.6. The molecule has 1 aliphatic heterocycles. The minimum atomic E-state index is 0.196. The molecule has 3 atom stereocenters. The van der Waals surface area contributed by atoms with Gasteiger partial charge in [-0.2, -0.15) is 11.8 Å². The first-order valence-corrected chi connectivity index (χ1v) is 10.0. The SMILES string of the molecule is CSCc1nc2ccccc2n1CC(=O)N1CC2CCC(N)C2C1. The maximum atomic E-state index is 12.9. The number of nitrogens with zero attached hydrogens (tertiary/aromatic N) is 3. The first-order chi connectivity index (χ1) is 11.7. The molecule has 2 aliphatic rings. The van der Waals surface area contributed by atoms with Gasteiger partial charge in [0, 0.05) is 19.1 Å². The van der Waals surface area contributed by atoms with Crippen LogP contribution in [0.2, 0.25) is 0 Å². The lowest BCUT2D eigenvalue weighted by Crippen LogP contribution is -2.35. The fraction of sp³-hybridized carbons (Fsp3) is 0.556. The van der Waals surface area contributed by atoms with Gasteiger partial charge >= 0.3 is 0 Å². The second-order valence-corrected chi connectivity index (χ2v) is 7.87. The van der Waals surface area contributed by atoms with Crippen LogP contribution in [0.15, 0.2) is 24.3 Å². The highest BCUT2D eigenvalue weighted by atomic mass is 32.2. The molecular weight excluding hydrogens is 320 g/mol. The van der Waals surface area contributed by atoms with Crippen molar-refractivity contribution < 1.29 is 4.79 Å². The van der Waals surface area contributed by atoms with E-state index in [1.165, 1.54) is 6.42 Å². The molecule has 5 nitrogen and oxygen atoms in total. The van der Waals surface area contributed by atoms with E-state index in [-0.39, 0.29) is 11.9 Å². The summed E-state index contributed by atoms with van der Waals surface area (Å²) in [6, 6.07) is 8.34. The Morgan fingerprint density at radius 1 is 1.33 bits per heavy atom. The molecule has 2 fully saturated rings. The van der Waals surface area contributed by atoms with Crippen LogP contribution < -0.4 is 5.73 Å². The average Bonchev–Trinajstić information content (AvgIpc) is 3.24. The summed E-state index contributed by atoms with van der Waals surface area (Å²) in [6.07, 6.45) is 4.34. The number of nitrogens with two attached hydrogens (primary N) is 1. The molecule has 1 aliphatic carbocycles. The minimum Gasteiger partial charge on any atom is -0.341 e. The summed E-state index contributed by atoms with van der Waals surface area (Å²) in [5.41, 5.74) is 8.21. The summed E-state index contributed by atoms with van der Waals surface area (Å²) in [6.45, 7) is 2.09. The van der Waals surface area contributed by atoms with E-state index < -0.39 is 0 Å². The van der Waals surface area contributed by atoms with Crippen molar-refractivity contribution in [2.24, 2.45) is 17.6 Å². The van der Waals surface area contributed by atoms with Crippen LogP contribution in [0.4, 0.5) is 0 Å². The zero-order valence-electron chi connectivity index (χ0n) is 14.0. The lowest BCUT2D eigenvalue weighted by Gasteiger charge is -2.20. The van der Waals surface area contributed by atoms with Gasteiger partial charge in [0.1, 0.15) is 12.4 Å². The van der Waals surface area contributed by atoms with Crippen LogP contribution in [-0.4, -0.2) is 45.7 Å². The molecule has 128 valence electrons. The molecule has 2 aromatic rings. The third-order valence-corrected chi connectivity index (χ3v) is 6.11. The molecule has 1 saturated heterocycles. The Bertz CT molecular complexity index is 759. The molecule has 3 unspecified atom stereocenters. The number of para-hydroxylation sites is 2. The number of carbonyl (C=O) groups is 1. The van der Waals surface area contributed by atoms with E-state index in [2.05, 4.69) is 10.8 Å². The maximum Gasteiger partial charge on any atom is 0.242 e. The zero-order chi connectivity index (χ0) is 16.7. The van der Waals surface area contributed by atoms with Crippen molar-refractivity contribution in [1.82, 2.24) is 14.5 Å². The van der Waals surface area contributed by atoms with E-state index >= 15 is 0 Å². The molecule has 1 aromatic heterocycles. The van der Waals surface area contributed by atoms with Crippen LogP contribution >= 0.6 is 11.8 Å². The van der Waals surface area contributed by atoms with E-state index in [0.29, 0.717) is 18.4 Å². The lowest BCUT2D eigenvalue weighted by atomic mass is 9.98. The Morgan fingerprint density at radius 3 is 2.96 bits per heavy atom. The minimum absolute atomic E-state index is 0.196. The number of hydrogen-bond donors (Lipinski definition) is 1. The van der Waals surface area contributed by atoms with Gasteiger partial charge in [-0.05, 0) is 43.1 Å². The van der Waals surface area contributed by atoms with Crippen LogP contribution in [0.25, 0.3) is 11.0 Å². The number of amides is 1. The zero-order valence-corrected chi connectivity index (χ0v) is 14.8. The van der Waals surface area contributed by atoms with Crippen LogP contribution in [0.5, 0.6) is 0 Å².